The fourth-order valence-corrected chi connectivity index (χ4v) is 1.26. The van der Waals surface area contributed by atoms with Crippen LogP contribution in [-0.4, -0.2) is 0 Å². The van der Waals surface area contributed by atoms with Gasteiger partial charge in [0.1, 0.15) is 0 Å². The summed E-state index contributed by atoms with van der Waals surface area (Å²) in [6.07, 6.45) is 0. The molecule has 0 unspecified atom stereocenters. The predicted molar refractivity (Wildman–Crippen MR) is 67.1 cm³/mol. The fraction of sp³-hybridized carbons (Fsp3) is 0. The molecule has 0 bridgehead atoms. The van der Waals surface area contributed by atoms with Gasteiger partial charge in [-0.15, -0.1) is 0 Å². The molecule has 2 aromatic carbocycles. The van der Waals surface area contributed by atoms with Crippen molar-refractivity contribution in [2.45, 2.75) is 0 Å². The molecule has 0 saturated carbocycles. The summed E-state index contributed by atoms with van der Waals surface area (Å²) < 4.78 is 16.7. The summed E-state index contributed by atoms with van der Waals surface area (Å²) in [5.74, 6) is 0. The Balaban J connectivity index is 0. The van der Waals surface area contributed by atoms with Crippen LogP contribution in [0.25, 0.3) is 11.1 Å². The standard InChI is InChI=1S/C12H10.2HO2P.Zn/c1-3-7-11(8-4-1)12-9-5-2-6-10-12;2*1-3-2;/h1-10H;2*(H,1,2);/q;;;+2/p-2. The summed E-state index contributed by atoms with van der Waals surface area (Å²) >= 11 is 0. The van der Waals surface area contributed by atoms with Crippen molar-refractivity contribution in [1.82, 2.24) is 0 Å². The van der Waals surface area contributed by atoms with Crippen molar-refractivity contribution >= 4 is 17.4 Å². The monoisotopic (exact) mass is 344 g/mol. The summed E-state index contributed by atoms with van der Waals surface area (Å²) in [6, 6.07) is 20.8. The van der Waals surface area contributed by atoms with Crippen LogP contribution in [0.15, 0.2) is 60.7 Å². The van der Waals surface area contributed by atoms with Gasteiger partial charge in [-0.05, 0) is 11.1 Å². The Morgan fingerprint density at radius 2 is 0.842 bits per heavy atom. The van der Waals surface area contributed by atoms with E-state index in [9.17, 15) is 0 Å². The molecule has 0 saturated heterocycles. The van der Waals surface area contributed by atoms with Gasteiger partial charge in [0.25, 0.3) is 0 Å². The maximum Gasteiger partial charge on any atom is 2.00 e. The summed E-state index contributed by atoms with van der Waals surface area (Å²) in [5.41, 5.74) is 2.55. The molecule has 0 amide bonds. The third-order valence-electron chi connectivity index (χ3n) is 1.88. The fourth-order valence-electron chi connectivity index (χ4n) is 1.26. The quantitative estimate of drug-likeness (QED) is 0.587. The molecule has 0 radical (unpaired) electrons. The molecule has 0 heterocycles. The molecular formula is C12H10O4P2Zn. The van der Waals surface area contributed by atoms with E-state index < -0.39 is 17.4 Å². The molecule has 19 heavy (non-hydrogen) atoms. The topological polar surface area (TPSA) is 80.3 Å². The Labute approximate surface area is 127 Å². The van der Waals surface area contributed by atoms with Gasteiger partial charge in [0.15, 0.2) is 0 Å². The van der Waals surface area contributed by atoms with Crippen LogP contribution in [-0.2, 0) is 28.6 Å². The van der Waals surface area contributed by atoms with E-state index in [0.29, 0.717) is 0 Å². The maximum atomic E-state index is 8.35. The van der Waals surface area contributed by atoms with Crippen LogP contribution < -0.4 is 9.79 Å². The van der Waals surface area contributed by atoms with E-state index in [1.165, 1.54) is 11.1 Å². The van der Waals surface area contributed by atoms with Gasteiger partial charge >= 0.3 is 19.5 Å². The van der Waals surface area contributed by atoms with E-state index >= 15 is 0 Å². The first-order valence-corrected chi connectivity index (χ1v) is 6.26. The molecular weight excluding hydrogens is 335 g/mol. The minimum atomic E-state index is -1.08. The van der Waals surface area contributed by atoms with Crippen molar-refractivity contribution in [3.8, 4) is 11.1 Å². The van der Waals surface area contributed by atoms with E-state index in [4.69, 9.17) is 18.9 Å². The second kappa shape index (κ2) is 15.2. The van der Waals surface area contributed by atoms with Gasteiger partial charge in [-0.1, -0.05) is 60.7 Å². The predicted octanol–water partition coefficient (Wildman–Crippen LogP) is 2.46. The first-order valence-electron chi connectivity index (χ1n) is 4.80. The van der Waals surface area contributed by atoms with Gasteiger partial charge in [0, 0.05) is 0 Å². The molecule has 2 rings (SSSR count). The van der Waals surface area contributed by atoms with Crippen molar-refractivity contribution in [2.24, 2.45) is 0 Å². The molecule has 0 N–H and O–H groups in total. The van der Waals surface area contributed by atoms with Crippen molar-refractivity contribution in [2.75, 3.05) is 0 Å². The van der Waals surface area contributed by atoms with Crippen molar-refractivity contribution in [1.29, 1.82) is 0 Å². The van der Waals surface area contributed by atoms with E-state index in [1.807, 2.05) is 12.1 Å². The van der Waals surface area contributed by atoms with Crippen molar-refractivity contribution in [3.05, 3.63) is 60.7 Å². The molecule has 0 aliphatic rings. The second-order valence-electron chi connectivity index (χ2n) is 2.88. The Hall–Kier alpha value is -0.817. The molecule has 0 aliphatic heterocycles. The third kappa shape index (κ3) is 10.8. The maximum absolute atomic E-state index is 8.35. The molecule has 7 heteroatoms. The van der Waals surface area contributed by atoms with Crippen LogP contribution >= 0.6 is 17.4 Å². The van der Waals surface area contributed by atoms with E-state index in [0.717, 1.165) is 0 Å². The Bertz CT molecular complexity index is 396. The van der Waals surface area contributed by atoms with Gasteiger partial charge in [-0.2, -0.15) is 0 Å². The number of hydrogen-bond acceptors (Lipinski definition) is 4. The molecule has 0 aromatic heterocycles. The molecule has 4 nitrogen and oxygen atoms in total. The zero-order chi connectivity index (χ0) is 13.6. The first kappa shape index (κ1) is 20.5. The minimum absolute atomic E-state index is 0. The van der Waals surface area contributed by atoms with Gasteiger partial charge in [0.2, 0.25) is 0 Å². The average molecular weight is 346 g/mol. The van der Waals surface area contributed by atoms with Crippen LogP contribution in [0.5, 0.6) is 0 Å². The molecule has 0 aliphatic carbocycles. The summed E-state index contributed by atoms with van der Waals surface area (Å²) in [4.78, 5) is 16.7. The van der Waals surface area contributed by atoms with Crippen LogP contribution in [0.2, 0.25) is 0 Å². The normalized spacial score (nSPS) is 8.32. The Morgan fingerprint density at radius 3 is 1.05 bits per heavy atom. The van der Waals surface area contributed by atoms with Gasteiger partial charge in [-0.3, -0.25) is 9.13 Å². The van der Waals surface area contributed by atoms with Crippen LogP contribution in [0, 0.1) is 0 Å². The van der Waals surface area contributed by atoms with Gasteiger partial charge in [0.05, 0.1) is 17.4 Å². The molecule has 94 valence electrons. The molecule has 0 fully saturated rings. The van der Waals surface area contributed by atoms with Crippen LogP contribution in [0.4, 0.5) is 0 Å². The van der Waals surface area contributed by atoms with Gasteiger partial charge < -0.3 is 9.79 Å². The van der Waals surface area contributed by atoms with Crippen LogP contribution in [0.3, 0.4) is 0 Å². The second-order valence-corrected chi connectivity index (χ2v) is 3.18. The number of benzene rings is 2. The zero-order valence-corrected chi connectivity index (χ0v) is 14.8. The zero-order valence-electron chi connectivity index (χ0n) is 10.0. The SMILES string of the molecule is O=P[O-].O=P[O-].[Zn+2].c1ccc(-c2ccccc2)cc1. The summed E-state index contributed by atoms with van der Waals surface area (Å²) in [7, 11) is -2.17. The summed E-state index contributed by atoms with van der Waals surface area (Å²) in [6.45, 7) is 0. The molecule has 2 aromatic rings. The number of hydrogen-bond donors (Lipinski definition) is 0. The van der Waals surface area contributed by atoms with E-state index in [1.54, 1.807) is 0 Å². The van der Waals surface area contributed by atoms with Crippen LogP contribution in [0.1, 0.15) is 0 Å². The van der Waals surface area contributed by atoms with Crippen molar-refractivity contribution in [3.63, 3.8) is 0 Å². The smallest absolute Gasteiger partial charge is 0.772 e. The minimum Gasteiger partial charge on any atom is -0.772 e. The van der Waals surface area contributed by atoms with Gasteiger partial charge in [-0.25, -0.2) is 0 Å². The van der Waals surface area contributed by atoms with E-state index in [2.05, 4.69) is 48.5 Å². The molecule has 0 spiro atoms. The molecule has 0 atom stereocenters. The third-order valence-corrected chi connectivity index (χ3v) is 1.88. The first-order chi connectivity index (χ1) is 8.79. The Kier molecular flexibility index (Phi) is 16.4. The van der Waals surface area contributed by atoms with E-state index in [-0.39, 0.29) is 19.5 Å². The Morgan fingerprint density at radius 1 is 0.632 bits per heavy atom. The van der Waals surface area contributed by atoms with Crippen molar-refractivity contribution < 1.29 is 38.4 Å². The number of rotatable bonds is 1. The largest absolute Gasteiger partial charge is 2.00 e. The summed E-state index contributed by atoms with van der Waals surface area (Å²) in [5, 5.41) is 0. The average Bonchev–Trinajstić information content (AvgIpc) is 2.43.